The molecular formula is C23H33FN6O4. The quantitative estimate of drug-likeness (QED) is 0.602. The Bertz CT molecular complexity index is 911. The van der Waals surface area contributed by atoms with Crippen LogP contribution < -0.4 is 15.1 Å². The summed E-state index contributed by atoms with van der Waals surface area (Å²) in [6.45, 7) is 7.67. The molecule has 3 saturated heterocycles. The van der Waals surface area contributed by atoms with Crippen LogP contribution in [-0.4, -0.2) is 104 Å². The Labute approximate surface area is 198 Å². The molecule has 2 amide bonds. The SMILES string of the molecule is CC(=O)NC[C@H]1CN(c2ccc(N3CCC(=NN4CCN(CCO)CC4)CC3)c(F)c2)C(=O)O1. The summed E-state index contributed by atoms with van der Waals surface area (Å²) in [5.41, 5.74) is 2.09. The molecule has 0 bridgehead atoms. The zero-order valence-electron chi connectivity index (χ0n) is 19.6. The van der Waals surface area contributed by atoms with E-state index in [9.17, 15) is 14.0 Å². The number of hydrogen-bond acceptors (Lipinski definition) is 8. The van der Waals surface area contributed by atoms with Crippen LogP contribution in [0.5, 0.6) is 0 Å². The fraction of sp³-hybridized carbons (Fsp3) is 0.609. The molecule has 0 aromatic heterocycles. The van der Waals surface area contributed by atoms with Crippen LogP contribution in [0, 0.1) is 5.82 Å². The summed E-state index contributed by atoms with van der Waals surface area (Å²) < 4.78 is 20.3. The Kier molecular flexibility index (Phi) is 7.84. The number of piperazine rings is 1. The number of amides is 2. The molecular weight excluding hydrogens is 443 g/mol. The molecule has 1 aromatic carbocycles. The fourth-order valence-corrected chi connectivity index (χ4v) is 4.52. The van der Waals surface area contributed by atoms with Crippen molar-refractivity contribution in [3.8, 4) is 0 Å². The third-order valence-corrected chi connectivity index (χ3v) is 6.42. The molecule has 3 fully saturated rings. The third kappa shape index (κ3) is 5.95. The van der Waals surface area contributed by atoms with Crippen LogP contribution >= 0.6 is 0 Å². The molecule has 0 saturated carbocycles. The number of hydrogen-bond donors (Lipinski definition) is 2. The lowest BCUT2D eigenvalue weighted by Gasteiger charge is -2.35. The molecule has 4 rings (SSSR count). The van der Waals surface area contributed by atoms with Crippen LogP contribution in [0.1, 0.15) is 19.8 Å². The van der Waals surface area contributed by atoms with Gasteiger partial charge >= 0.3 is 6.09 Å². The summed E-state index contributed by atoms with van der Waals surface area (Å²) >= 11 is 0. The van der Waals surface area contributed by atoms with Crippen LogP contribution in [0.3, 0.4) is 0 Å². The molecule has 1 aromatic rings. The first-order chi connectivity index (χ1) is 16.4. The first-order valence-corrected chi connectivity index (χ1v) is 11.8. The zero-order valence-corrected chi connectivity index (χ0v) is 19.6. The maximum absolute atomic E-state index is 15.0. The van der Waals surface area contributed by atoms with E-state index in [1.807, 2.05) is 4.90 Å². The molecule has 0 radical (unpaired) electrons. The van der Waals surface area contributed by atoms with E-state index in [0.717, 1.165) is 44.7 Å². The van der Waals surface area contributed by atoms with Crippen LogP contribution in [-0.2, 0) is 9.53 Å². The van der Waals surface area contributed by atoms with Gasteiger partial charge in [-0.05, 0) is 18.2 Å². The second kappa shape index (κ2) is 11.0. The first kappa shape index (κ1) is 24.2. The largest absolute Gasteiger partial charge is 0.442 e. The molecule has 34 heavy (non-hydrogen) atoms. The average molecular weight is 477 g/mol. The maximum atomic E-state index is 15.0. The summed E-state index contributed by atoms with van der Waals surface area (Å²) in [5, 5.41) is 18.6. The number of carbonyl (C=O) groups excluding carboxylic acids is 2. The van der Waals surface area contributed by atoms with E-state index in [0.29, 0.717) is 31.0 Å². The van der Waals surface area contributed by atoms with E-state index in [-0.39, 0.29) is 31.4 Å². The van der Waals surface area contributed by atoms with Crippen molar-refractivity contribution in [1.82, 2.24) is 15.2 Å². The minimum Gasteiger partial charge on any atom is -0.442 e. The van der Waals surface area contributed by atoms with Gasteiger partial charge in [-0.1, -0.05) is 0 Å². The van der Waals surface area contributed by atoms with Crippen LogP contribution in [0.2, 0.25) is 0 Å². The topological polar surface area (TPSA) is 101 Å². The van der Waals surface area contributed by atoms with E-state index < -0.39 is 12.2 Å². The van der Waals surface area contributed by atoms with Gasteiger partial charge in [0, 0.05) is 71.3 Å². The van der Waals surface area contributed by atoms with Crippen molar-refractivity contribution in [3.63, 3.8) is 0 Å². The lowest BCUT2D eigenvalue weighted by Crippen LogP contribution is -2.45. The van der Waals surface area contributed by atoms with E-state index in [1.54, 1.807) is 12.1 Å². The number of nitrogens with one attached hydrogen (secondary N) is 1. The molecule has 3 aliphatic heterocycles. The van der Waals surface area contributed by atoms with Crippen molar-refractivity contribution in [3.05, 3.63) is 24.0 Å². The summed E-state index contributed by atoms with van der Waals surface area (Å²) in [7, 11) is 0. The van der Waals surface area contributed by atoms with E-state index >= 15 is 0 Å². The molecule has 0 unspecified atom stereocenters. The van der Waals surface area contributed by atoms with Gasteiger partial charge in [-0.3, -0.25) is 19.6 Å². The number of piperidine rings is 1. The summed E-state index contributed by atoms with van der Waals surface area (Å²) in [6.07, 6.45) is 0.554. The van der Waals surface area contributed by atoms with Crippen molar-refractivity contribution >= 4 is 29.1 Å². The lowest BCUT2D eigenvalue weighted by molar-refractivity contribution is -0.119. The first-order valence-electron chi connectivity index (χ1n) is 11.8. The highest BCUT2D eigenvalue weighted by Crippen LogP contribution is 2.29. The predicted octanol–water partition coefficient (Wildman–Crippen LogP) is 0.853. The number of aliphatic hydroxyl groups excluding tert-OH is 1. The summed E-state index contributed by atoms with van der Waals surface area (Å²) in [5.74, 6) is -0.573. The van der Waals surface area contributed by atoms with Crippen LogP contribution in [0.25, 0.3) is 0 Å². The molecule has 3 aliphatic rings. The van der Waals surface area contributed by atoms with E-state index in [1.165, 1.54) is 17.9 Å². The second-order valence-electron chi connectivity index (χ2n) is 8.86. The number of cyclic esters (lactones) is 1. The highest BCUT2D eigenvalue weighted by molar-refractivity contribution is 5.90. The fourth-order valence-electron chi connectivity index (χ4n) is 4.52. The molecule has 186 valence electrons. The number of β-amino-alcohol motifs (C(OH)–C–C–N with tert-alkyl or cyclic N) is 1. The van der Waals surface area contributed by atoms with Gasteiger partial charge < -0.3 is 20.1 Å². The lowest BCUT2D eigenvalue weighted by atomic mass is 10.1. The van der Waals surface area contributed by atoms with E-state index in [4.69, 9.17) is 14.9 Å². The van der Waals surface area contributed by atoms with Crippen LogP contribution in [0.4, 0.5) is 20.6 Å². The minimum atomic E-state index is -0.543. The Morgan fingerprint density at radius 3 is 2.59 bits per heavy atom. The Balaban J connectivity index is 1.30. The van der Waals surface area contributed by atoms with Gasteiger partial charge in [0.2, 0.25) is 5.91 Å². The number of ether oxygens (including phenoxy) is 1. The smallest absolute Gasteiger partial charge is 0.414 e. The highest BCUT2D eigenvalue weighted by Gasteiger charge is 2.33. The Morgan fingerprint density at radius 2 is 1.94 bits per heavy atom. The third-order valence-electron chi connectivity index (χ3n) is 6.42. The maximum Gasteiger partial charge on any atom is 0.414 e. The number of benzene rings is 1. The van der Waals surface area contributed by atoms with Gasteiger partial charge in [0.25, 0.3) is 0 Å². The van der Waals surface area contributed by atoms with Crippen molar-refractivity contribution in [2.75, 3.05) is 75.3 Å². The van der Waals surface area contributed by atoms with Crippen molar-refractivity contribution < 1.29 is 23.8 Å². The van der Waals surface area contributed by atoms with Gasteiger partial charge in [-0.25, -0.2) is 9.18 Å². The van der Waals surface area contributed by atoms with Gasteiger partial charge in [0.15, 0.2) is 0 Å². The Morgan fingerprint density at radius 1 is 1.21 bits per heavy atom. The predicted molar refractivity (Wildman–Crippen MR) is 127 cm³/mol. The number of rotatable bonds is 7. The molecule has 1 atom stereocenters. The standard InChI is InChI=1S/C23H33FN6O4/c1-17(32)25-15-20-16-30(23(33)34-20)19-2-3-22(21(24)14-19)28-6-4-18(5-7-28)26-29-10-8-27(9-11-29)12-13-31/h2-3,14,20,31H,4-13,15-16H2,1H3,(H,25,32)/t20-/m0/s1. The van der Waals surface area contributed by atoms with Crippen molar-refractivity contribution in [1.29, 1.82) is 0 Å². The van der Waals surface area contributed by atoms with Gasteiger partial charge in [0.05, 0.1) is 31.1 Å². The number of aliphatic hydroxyl groups is 1. The minimum absolute atomic E-state index is 0.184. The number of halogens is 1. The molecule has 0 spiro atoms. The zero-order chi connectivity index (χ0) is 24.1. The molecule has 10 nitrogen and oxygen atoms in total. The van der Waals surface area contributed by atoms with Crippen LogP contribution in [0.15, 0.2) is 23.3 Å². The van der Waals surface area contributed by atoms with Gasteiger partial charge in [-0.15, -0.1) is 0 Å². The number of carbonyl (C=O) groups is 2. The van der Waals surface area contributed by atoms with E-state index in [2.05, 4.69) is 15.2 Å². The molecule has 2 N–H and O–H groups in total. The van der Waals surface area contributed by atoms with Gasteiger partial charge in [-0.2, -0.15) is 5.10 Å². The number of nitrogens with zero attached hydrogens (tertiary/aromatic N) is 5. The van der Waals surface area contributed by atoms with Crippen molar-refractivity contribution in [2.45, 2.75) is 25.9 Å². The number of anilines is 2. The second-order valence-corrected chi connectivity index (χ2v) is 8.86. The van der Waals surface area contributed by atoms with Gasteiger partial charge in [0.1, 0.15) is 11.9 Å². The van der Waals surface area contributed by atoms with Crippen molar-refractivity contribution in [2.24, 2.45) is 5.10 Å². The molecule has 11 heteroatoms. The number of hydrazone groups is 1. The summed E-state index contributed by atoms with van der Waals surface area (Å²) in [6, 6.07) is 4.81. The normalized spacial score (nSPS) is 21.6. The molecule has 0 aliphatic carbocycles. The average Bonchev–Trinajstić information content (AvgIpc) is 3.20. The summed E-state index contributed by atoms with van der Waals surface area (Å²) in [4.78, 5) is 28.9. The highest BCUT2D eigenvalue weighted by atomic mass is 19.1. The monoisotopic (exact) mass is 476 g/mol. The Hall–Kier alpha value is -2.92. The molecule has 3 heterocycles.